The molecule has 2 saturated heterocycles. The zero-order chi connectivity index (χ0) is 15.3. The van der Waals surface area contributed by atoms with Crippen molar-refractivity contribution in [2.24, 2.45) is 0 Å². The predicted octanol–water partition coefficient (Wildman–Crippen LogP) is 0.854. The molecule has 0 aromatic carbocycles. The summed E-state index contributed by atoms with van der Waals surface area (Å²) in [7, 11) is -3.43. The molecule has 0 spiro atoms. The van der Waals surface area contributed by atoms with Gasteiger partial charge in [0.05, 0.1) is 0 Å². The second-order valence-electron chi connectivity index (χ2n) is 6.35. The molecule has 0 aromatic rings. The van der Waals surface area contributed by atoms with E-state index in [1.807, 2.05) is 13.8 Å². The van der Waals surface area contributed by atoms with E-state index in [0.717, 1.165) is 45.2 Å². The van der Waals surface area contributed by atoms with E-state index < -0.39 is 10.2 Å². The Morgan fingerprint density at radius 2 is 2.00 bits per heavy atom. The quantitative estimate of drug-likeness (QED) is 0.761. The van der Waals surface area contributed by atoms with E-state index in [4.69, 9.17) is 4.74 Å². The minimum Gasteiger partial charge on any atom is -0.381 e. The molecular formula is C14H29N3O3S. The highest BCUT2D eigenvalue weighted by atomic mass is 32.2. The number of hydrogen-bond acceptors (Lipinski definition) is 4. The van der Waals surface area contributed by atoms with Gasteiger partial charge in [-0.25, -0.2) is 0 Å². The van der Waals surface area contributed by atoms with Crippen LogP contribution in [0.15, 0.2) is 0 Å². The Hall–Kier alpha value is -0.210. The summed E-state index contributed by atoms with van der Waals surface area (Å²) < 4.78 is 35.5. The van der Waals surface area contributed by atoms with Gasteiger partial charge in [-0.3, -0.25) is 0 Å². The first-order valence-electron chi connectivity index (χ1n) is 8.06. The van der Waals surface area contributed by atoms with Crippen LogP contribution in [0.1, 0.15) is 46.0 Å². The maximum absolute atomic E-state index is 12.8. The van der Waals surface area contributed by atoms with Gasteiger partial charge in [0.15, 0.2) is 0 Å². The van der Waals surface area contributed by atoms with E-state index in [-0.39, 0.29) is 11.6 Å². The molecule has 2 fully saturated rings. The molecule has 1 atom stereocenters. The van der Waals surface area contributed by atoms with Crippen molar-refractivity contribution < 1.29 is 13.2 Å². The Morgan fingerprint density at radius 3 is 2.67 bits per heavy atom. The standard InChI is InChI=1S/C14H29N3O3S/c1-3-15-12-13-6-4-5-9-17(13)21(18,19)16-14(2)7-10-20-11-8-14/h13,15-16H,3-12H2,1-2H3. The van der Waals surface area contributed by atoms with Crippen LogP contribution in [0.25, 0.3) is 0 Å². The van der Waals surface area contributed by atoms with Gasteiger partial charge in [-0.05, 0) is 39.2 Å². The monoisotopic (exact) mass is 319 g/mol. The van der Waals surface area contributed by atoms with Crippen LogP contribution < -0.4 is 10.0 Å². The van der Waals surface area contributed by atoms with Crippen molar-refractivity contribution in [1.29, 1.82) is 0 Å². The fourth-order valence-electron chi connectivity index (χ4n) is 3.10. The average molecular weight is 319 g/mol. The van der Waals surface area contributed by atoms with Crippen molar-refractivity contribution in [2.45, 2.75) is 57.5 Å². The van der Waals surface area contributed by atoms with Crippen LogP contribution in [0.5, 0.6) is 0 Å². The molecule has 124 valence electrons. The van der Waals surface area contributed by atoms with Crippen molar-refractivity contribution in [3.05, 3.63) is 0 Å². The molecule has 1 unspecified atom stereocenters. The Bertz CT molecular complexity index is 421. The number of hydrogen-bond donors (Lipinski definition) is 2. The Kier molecular flexibility index (Phi) is 6.02. The number of piperidine rings is 1. The first-order chi connectivity index (χ1) is 9.97. The van der Waals surface area contributed by atoms with Gasteiger partial charge >= 0.3 is 0 Å². The summed E-state index contributed by atoms with van der Waals surface area (Å²) >= 11 is 0. The minimum absolute atomic E-state index is 0.0691. The molecule has 0 bridgehead atoms. The molecule has 0 aromatic heterocycles. The lowest BCUT2D eigenvalue weighted by molar-refractivity contribution is 0.0527. The summed E-state index contributed by atoms with van der Waals surface area (Å²) in [6.07, 6.45) is 4.46. The topological polar surface area (TPSA) is 70.7 Å². The third-order valence-electron chi connectivity index (χ3n) is 4.48. The smallest absolute Gasteiger partial charge is 0.280 e. The van der Waals surface area contributed by atoms with Crippen LogP contribution in [0.3, 0.4) is 0 Å². The number of ether oxygens (including phenoxy) is 1. The number of nitrogens with zero attached hydrogens (tertiary/aromatic N) is 1. The molecule has 2 heterocycles. The van der Waals surface area contributed by atoms with Gasteiger partial charge in [-0.2, -0.15) is 17.4 Å². The van der Waals surface area contributed by atoms with Crippen LogP contribution in [0.2, 0.25) is 0 Å². The molecule has 21 heavy (non-hydrogen) atoms. The molecule has 0 radical (unpaired) electrons. The van der Waals surface area contributed by atoms with Crippen molar-refractivity contribution in [2.75, 3.05) is 32.8 Å². The molecule has 0 saturated carbocycles. The summed E-state index contributed by atoms with van der Waals surface area (Å²) in [6.45, 7) is 7.50. The van der Waals surface area contributed by atoms with E-state index in [1.54, 1.807) is 4.31 Å². The second kappa shape index (κ2) is 7.37. The van der Waals surface area contributed by atoms with E-state index in [2.05, 4.69) is 10.0 Å². The number of likely N-dealkylation sites (N-methyl/N-ethyl adjacent to an activating group) is 1. The molecule has 7 heteroatoms. The van der Waals surface area contributed by atoms with Crippen LogP contribution >= 0.6 is 0 Å². The summed E-state index contributed by atoms with van der Waals surface area (Å²) in [5, 5.41) is 3.28. The van der Waals surface area contributed by atoms with Gasteiger partial charge < -0.3 is 10.1 Å². The van der Waals surface area contributed by atoms with Crippen LogP contribution in [-0.4, -0.2) is 57.2 Å². The summed E-state index contributed by atoms with van der Waals surface area (Å²) in [5.74, 6) is 0. The lowest BCUT2D eigenvalue weighted by atomic mass is 9.94. The molecular weight excluding hydrogens is 290 g/mol. The Balaban J connectivity index is 2.04. The number of rotatable bonds is 6. The zero-order valence-electron chi connectivity index (χ0n) is 13.2. The summed E-state index contributed by atoms with van der Waals surface area (Å²) in [5.41, 5.74) is -0.378. The molecule has 2 rings (SSSR count). The van der Waals surface area contributed by atoms with Gasteiger partial charge in [0.2, 0.25) is 0 Å². The highest BCUT2D eigenvalue weighted by Crippen LogP contribution is 2.25. The van der Waals surface area contributed by atoms with E-state index in [0.29, 0.717) is 19.8 Å². The highest BCUT2D eigenvalue weighted by Gasteiger charge is 2.38. The largest absolute Gasteiger partial charge is 0.381 e. The van der Waals surface area contributed by atoms with E-state index >= 15 is 0 Å². The first-order valence-corrected chi connectivity index (χ1v) is 9.50. The molecule has 2 N–H and O–H groups in total. The average Bonchev–Trinajstić information content (AvgIpc) is 2.45. The van der Waals surface area contributed by atoms with E-state index in [9.17, 15) is 8.42 Å². The van der Waals surface area contributed by atoms with Crippen molar-refractivity contribution in [1.82, 2.24) is 14.3 Å². The molecule has 2 aliphatic heterocycles. The number of nitrogens with one attached hydrogen (secondary N) is 2. The summed E-state index contributed by atoms with van der Waals surface area (Å²) in [6, 6.07) is 0.0691. The van der Waals surface area contributed by atoms with Crippen molar-refractivity contribution in [3.63, 3.8) is 0 Å². The lowest BCUT2D eigenvalue weighted by Crippen LogP contribution is -2.58. The highest BCUT2D eigenvalue weighted by molar-refractivity contribution is 7.87. The SMILES string of the molecule is CCNCC1CCCCN1S(=O)(=O)NC1(C)CCOCC1. The van der Waals surface area contributed by atoms with Crippen molar-refractivity contribution >= 4 is 10.2 Å². The molecule has 0 amide bonds. The van der Waals surface area contributed by atoms with Gasteiger partial charge in [0.25, 0.3) is 10.2 Å². The molecule has 6 nitrogen and oxygen atoms in total. The Labute approximate surface area is 128 Å². The van der Waals surface area contributed by atoms with Gasteiger partial charge in [0.1, 0.15) is 0 Å². The first kappa shape index (κ1) is 17.1. The zero-order valence-corrected chi connectivity index (χ0v) is 14.0. The van der Waals surface area contributed by atoms with Gasteiger partial charge in [-0.1, -0.05) is 13.3 Å². The predicted molar refractivity (Wildman–Crippen MR) is 83.4 cm³/mol. The Morgan fingerprint density at radius 1 is 1.29 bits per heavy atom. The van der Waals surface area contributed by atoms with Crippen LogP contribution in [0, 0.1) is 0 Å². The van der Waals surface area contributed by atoms with Gasteiger partial charge in [-0.15, -0.1) is 0 Å². The fourth-order valence-corrected chi connectivity index (χ4v) is 4.99. The third-order valence-corrected chi connectivity index (χ3v) is 6.33. The molecule has 2 aliphatic rings. The van der Waals surface area contributed by atoms with E-state index in [1.165, 1.54) is 0 Å². The van der Waals surface area contributed by atoms with Crippen LogP contribution in [-0.2, 0) is 14.9 Å². The normalized spacial score (nSPS) is 27.6. The molecule has 0 aliphatic carbocycles. The fraction of sp³-hybridized carbons (Fsp3) is 1.00. The lowest BCUT2D eigenvalue weighted by Gasteiger charge is -2.40. The second-order valence-corrected chi connectivity index (χ2v) is 7.97. The van der Waals surface area contributed by atoms with Gasteiger partial charge in [0, 0.05) is 37.9 Å². The maximum atomic E-state index is 12.8. The maximum Gasteiger partial charge on any atom is 0.280 e. The van der Waals surface area contributed by atoms with Crippen LogP contribution in [0.4, 0.5) is 0 Å². The minimum atomic E-state index is -3.43. The van der Waals surface area contributed by atoms with Crippen molar-refractivity contribution in [3.8, 4) is 0 Å². The summed E-state index contributed by atoms with van der Waals surface area (Å²) in [4.78, 5) is 0. The third kappa shape index (κ3) is 4.63.